The molecule has 0 atom stereocenters. The number of hydrogen-bond acceptors (Lipinski definition) is 4. The predicted octanol–water partition coefficient (Wildman–Crippen LogP) is 0.788. The van der Waals surface area contributed by atoms with Crippen LogP contribution in [0.15, 0.2) is 44.5 Å². The van der Waals surface area contributed by atoms with Gasteiger partial charge in [0, 0.05) is 29.8 Å². The summed E-state index contributed by atoms with van der Waals surface area (Å²) in [6.45, 7) is 0.779. The summed E-state index contributed by atoms with van der Waals surface area (Å²) in [5.41, 5.74) is 5.60. The van der Waals surface area contributed by atoms with Crippen molar-refractivity contribution in [2.24, 2.45) is 5.73 Å². The lowest BCUT2D eigenvalue weighted by atomic mass is 10.2. The van der Waals surface area contributed by atoms with Crippen molar-refractivity contribution in [2.45, 2.75) is 13.1 Å². The van der Waals surface area contributed by atoms with Crippen molar-refractivity contribution >= 4 is 15.9 Å². The standard InChI is InChI=1S/C14H16BrN3O3/c1-21-11-2-3-12(15)10(8-11)9-17-6-4-13(19)18(7-5-16)14(17)20/h2-4,6,8H,5,7,9,16H2,1H3. The average Bonchev–Trinajstić information content (AvgIpc) is 2.48. The summed E-state index contributed by atoms with van der Waals surface area (Å²) < 4.78 is 8.65. The van der Waals surface area contributed by atoms with Gasteiger partial charge in [-0.25, -0.2) is 4.79 Å². The molecule has 0 unspecified atom stereocenters. The van der Waals surface area contributed by atoms with Crippen molar-refractivity contribution in [3.63, 3.8) is 0 Å². The van der Waals surface area contributed by atoms with E-state index in [1.54, 1.807) is 7.11 Å². The lowest BCUT2D eigenvalue weighted by Crippen LogP contribution is -2.40. The van der Waals surface area contributed by atoms with Gasteiger partial charge in [-0.2, -0.15) is 0 Å². The maximum atomic E-state index is 12.3. The molecule has 0 saturated carbocycles. The molecular formula is C14H16BrN3O3. The molecule has 0 bridgehead atoms. The van der Waals surface area contributed by atoms with Crippen LogP contribution < -0.4 is 21.7 Å². The van der Waals surface area contributed by atoms with Crippen LogP contribution in [0.1, 0.15) is 5.56 Å². The maximum absolute atomic E-state index is 12.3. The molecule has 2 N–H and O–H groups in total. The van der Waals surface area contributed by atoms with Crippen LogP contribution >= 0.6 is 15.9 Å². The third kappa shape index (κ3) is 3.43. The smallest absolute Gasteiger partial charge is 0.331 e. The molecule has 2 aromatic rings. The van der Waals surface area contributed by atoms with Gasteiger partial charge < -0.3 is 10.5 Å². The number of hydrogen-bond donors (Lipinski definition) is 1. The second-order valence-corrected chi connectivity index (χ2v) is 5.32. The van der Waals surface area contributed by atoms with E-state index >= 15 is 0 Å². The number of ether oxygens (including phenoxy) is 1. The minimum absolute atomic E-state index is 0.206. The van der Waals surface area contributed by atoms with E-state index in [0.717, 1.165) is 14.6 Å². The first-order valence-corrected chi connectivity index (χ1v) is 7.19. The van der Waals surface area contributed by atoms with Crippen molar-refractivity contribution in [1.29, 1.82) is 0 Å². The number of rotatable bonds is 5. The zero-order chi connectivity index (χ0) is 15.4. The van der Waals surface area contributed by atoms with Crippen molar-refractivity contribution in [3.05, 3.63) is 61.3 Å². The van der Waals surface area contributed by atoms with E-state index in [-0.39, 0.29) is 24.3 Å². The molecule has 1 heterocycles. The normalized spacial score (nSPS) is 10.6. The Balaban J connectivity index is 2.43. The van der Waals surface area contributed by atoms with Gasteiger partial charge in [0.2, 0.25) is 0 Å². The quantitative estimate of drug-likeness (QED) is 0.861. The van der Waals surface area contributed by atoms with Crippen LogP contribution in [0.3, 0.4) is 0 Å². The SMILES string of the molecule is COc1ccc(Br)c(Cn2ccc(=O)n(CCN)c2=O)c1. The van der Waals surface area contributed by atoms with Crippen LogP contribution in [-0.4, -0.2) is 22.8 Å². The lowest BCUT2D eigenvalue weighted by Gasteiger charge is -2.11. The molecule has 21 heavy (non-hydrogen) atoms. The zero-order valence-electron chi connectivity index (χ0n) is 11.6. The van der Waals surface area contributed by atoms with Crippen LogP contribution in [0.4, 0.5) is 0 Å². The van der Waals surface area contributed by atoms with Gasteiger partial charge >= 0.3 is 5.69 Å². The molecule has 0 fully saturated rings. The molecule has 2 rings (SSSR count). The van der Waals surface area contributed by atoms with E-state index in [9.17, 15) is 9.59 Å². The molecule has 1 aromatic carbocycles. The molecule has 0 saturated heterocycles. The van der Waals surface area contributed by atoms with Crippen LogP contribution in [0.25, 0.3) is 0 Å². The van der Waals surface area contributed by atoms with Crippen LogP contribution in [-0.2, 0) is 13.1 Å². The predicted molar refractivity (Wildman–Crippen MR) is 83.8 cm³/mol. The molecular weight excluding hydrogens is 338 g/mol. The number of nitrogens with zero attached hydrogens (tertiary/aromatic N) is 2. The van der Waals surface area contributed by atoms with Gasteiger partial charge in [0.05, 0.1) is 13.7 Å². The molecule has 0 radical (unpaired) electrons. The second-order valence-electron chi connectivity index (χ2n) is 4.46. The molecule has 0 amide bonds. The molecule has 0 spiro atoms. The molecule has 0 aliphatic heterocycles. The topological polar surface area (TPSA) is 79.2 Å². The fourth-order valence-corrected chi connectivity index (χ4v) is 2.37. The molecule has 1 aromatic heterocycles. The van der Waals surface area contributed by atoms with E-state index in [0.29, 0.717) is 12.3 Å². The Labute approximate surface area is 129 Å². The summed E-state index contributed by atoms with van der Waals surface area (Å²) in [4.78, 5) is 23.9. The van der Waals surface area contributed by atoms with Crippen molar-refractivity contribution < 1.29 is 4.74 Å². The highest BCUT2D eigenvalue weighted by Gasteiger charge is 2.08. The largest absolute Gasteiger partial charge is 0.497 e. The van der Waals surface area contributed by atoms with Gasteiger partial charge in [0.25, 0.3) is 5.56 Å². The van der Waals surface area contributed by atoms with Crippen molar-refractivity contribution in [2.75, 3.05) is 13.7 Å². The third-order valence-corrected chi connectivity index (χ3v) is 3.86. The molecule has 0 aliphatic carbocycles. The Kier molecular flexibility index (Phi) is 4.98. The van der Waals surface area contributed by atoms with E-state index in [1.165, 1.54) is 16.8 Å². The molecule has 0 aliphatic rings. The minimum atomic E-state index is -0.373. The van der Waals surface area contributed by atoms with E-state index in [1.807, 2.05) is 18.2 Å². The Morgan fingerprint density at radius 2 is 2.05 bits per heavy atom. The van der Waals surface area contributed by atoms with Crippen molar-refractivity contribution in [1.82, 2.24) is 9.13 Å². The van der Waals surface area contributed by atoms with Crippen LogP contribution in [0.5, 0.6) is 5.75 Å². The van der Waals surface area contributed by atoms with Gasteiger partial charge in [0.1, 0.15) is 5.75 Å². The summed E-state index contributed by atoms with van der Waals surface area (Å²) in [5, 5.41) is 0. The summed E-state index contributed by atoms with van der Waals surface area (Å²) in [5.74, 6) is 0.705. The number of methoxy groups -OCH3 is 1. The third-order valence-electron chi connectivity index (χ3n) is 3.09. The Morgan fingerprint density at radius 1 is 1.29 bits per heavy atom. The number of benzene rings is 1. The van der Waals surface area contributed by atoms with E-state index < -0.39 is 0 Å². The Morgan fingerprint density at radius 3 is 2.71 bits per heavy atom. The van der Waals surface area contributed by atoms with Gasteiger partial charge in [-0.05, 0) is 23.8 Å². The van der Waals surface area contributed by atoms with Crippen LogP contribution in [0, 0.1) is 0 Å². The second kappa shape index (κ2) is 6.73. The first-order valence-electron chi connectivity index (χ1n) is 6.39. The molecule has 112 valence electrons. The Bertz CT molecular complexity index is 752. The number of halogens is 1. The minimum Gasteiger partial charge on any atom is -0.497 e. The summed E-state index contributed by atoms with van der Waals surface area (Å²) >= 11 is 3.45. The summed E-state index contributed by atoms with van der Waals surface area (Å²) in [6, 6.07) is 6.89. The van der Waals surface area contributed by atoms with Gasteiger partial charge in [-0.15, -0.1) is 0 Å². The highest BCUT2D eigenvalue weighted by molar-refractivity contribution is 9.10. The maximum Gasteiger partial charge on any atom is 0.331 e. The summed E-state index contributed by atoms with van der Waals surface area (Å²) in [7, 11) is 1.58. The zero-order valence-corrected chi connectivity index (χ0v) is 13.2. The van der Waals surface area contributed by atoms with E-state index in [2.05, 4.69) is 15.9 Å². The molecule has 6 nitrogen and oxygen atoms in total. The van der Waals surface area contributed by atoms with Crippen molar-refractivity contribution in [3.8, 4) is 5.75 Å². The fraction of sp³-hybridized carbons (Fsp3) is 0.286. The highest BCUT2D eigenvalue weighted by Crippen LogP contribution is 2.22. The summed E-state index contributed by atoms with van der Waals surface area (Å²) in [6.07, 6.45) is 1.49. The van der Waals surface area contributed by atoms with Gasteiger partial charge in [0.15, 0.2) is 0 Å². The van der Waals surface area contributed by atoms with Gasteiger partial charge in [-0.3, -0.25) is 13.9 Å². The first-order chi connectivity index (χ1) is 10.1. The first kappa shape index (κ1) is 15.5. The average molecular weight is 354 g/mol. The number of aromatic nitrogens is 2. The lowest BCUT2D eigenvalue weighted by molar-refractivity contribution is 0.414. The van der Waals surface area contributed by atoms with Crippen LogP contribution in [0.2, 0.25) is 0 Å². The highest BCUT2D eigenvalue weighted by atomic mass is 79.9. The fourth-order valence-electron chi connectivity index (χ4n) is 1.99. The monoisotopic (exact) mass is 353 g/mol. The van der Waals surface area contributed by atoms with Gasteiger partial charge in [-0.1, -0.05) is 15.9 Å². The number of nitrogens with two attached hydrogens (primary N) is 1. The van der Waals surface area contributed by atoms with E-state index in [4.69, 9.17) is 10.5 Å². The Hall–Kier alpha value is -1.86. The molecule has 7 heteroatoms.